The number of ether oxygens (including phenoxy) is 1. The maximum atomic E-state index is 12.6. The van der Waals surface area contributed by atoms with Gasteiger partial charge in [0.05, 0.1) is 30.1 Å². The Morgan fingerprint density at radius 3 is 2.73 bits per heavy atom. The van der Waals surface area contributed by atoms with Crippen molar-refractivity contribution in [3.8, 4) is 0 Å². The van der Waals surface area contributed by atoms with Crippen LogP contribution in [0.4, 0.5) is 0 Å². The number of morpholine rings is 1. The average molecular weight is 378 g/mol. The van der Waals surface area contributed by atoms with E-state index in [1.807, 2.05) is 23.1 Å². The molecule has 7 heteroatoms. The predicted octanol–water partition coefficient (Wildman–Crippen LogP) is 1.10. The van der Waals surface area contributed by atoms with Gasteiger partial charge in [0, 0.05) is 38.4 Å². The number of hydrogen-bond donors (Lipinski definition) is 1. The molecular weight excluding hydrogens is 350 g/mol. The van der Waals surface area contributed by atoms with E-state index >= 15 is 0 Å². The predicted molar refractivity (Wildman–Crippen MR) is 99.9 cm³/mol. The summed E-state index contributed by atoms with van der Waals surface area (Å²) in [5, 5.41) is 11.5. The van der Waals surface area contributed by atoms with E-state index in [0.717, 1.165) is 57.3 Å². The number of nitrogens with zero attached hydrogens (tertiary/aromatic N) is 3. The lowest BCUT2D eigenvalue weighted by Gasteiger charge is -2.43. The summed E-state index contributed by atoms with van der Waals surface area (Å²) in [6, 6.07) is 5.98. The van der Waals surface area contributed by atoms with Gasteiger partial charge in [-0.15, -0.1) is 0 Å². The zero-order chi connectivity index (χ0) is 17.9. The average Bonchev–Trinajstić information content (AvgIpc) is 3.10. The lowest BCUT2D eigenvalue weighted by molar-refractivity contribution is -0.127. The summed E-state index contributed by atoms with van der Waals surface area (Å²) < 4.78 is 5.44. The molecule has 0 aromatic carbocycles. The number of carbonyl (C=O) groups is 1. The molecule has 142 valence electrons. The molecule has 6 nitrogen and oxygen atoms in total. The van der Waals surface area contributed by atoms with Crippen molar-refractivity contribution in [1.29, 1.82) is 0 Å². The van der Waals surface area contributed by atoms with Crippen LogP contribution >= 0.6 is 11.8 Å². The number of likely N-dealkylation sites (tertiary alicyclic amines) is 1. The van der Waals surface area contributed by atoms with Gasteiger partial charge >= 0.3 is 0 Å². The van der Waals surface area contributed by atoms with Gasteiger partial charge in [0.2, 0.25) is 5.91 Å². The number of aromatic nitrogens is 1. The molecule has 0 spiro atoms. The number of aliphatic hydroxyl groups is 1. The molecule has 1 aromatic heterocycles. The van der Waals surface area contributed by atoms with Crippen LogP contribution in [0.1, 0.15) is 12.8 Å². The summed E-state index contributed by atoms with van der Waals surface area (Å²) in [6.07, 6.45) is 3.27. The van der Waals surface area contributed by atoms with Crippen LogP contribution < -0.4 is 0 Å². The highest BCUT2D eigenvalue weighted by molar-refractivity contribution is 7.99. The fraction of sp³-hybridized carbons (Fsp3) is 0.684. The van der Waals surface area contributed by atoms with Gasteiger partial charge in [-0.05, 0) is 36.8 Å². The van der Waals surface area contributed by atoms with Gasteiger partial charge in [-0.3, -0.25) is 9.69 Å². The van der Waals surface area contributed by atoms with E-state index < -0.39 is 0 Å². The van der Waals surface area contributed by atoms with E-state index in [0.29, 0.717) is 17.6 Å². The van der Waals surface area contributed by atoms with Crippen LogP contribution in [0.3, 0.4) is 0 Å². The van der Waals surface area contributed by atoms with Crippen molar-refractivity contribution in [3.05, 3.63) is 24.4 Å². The zero-order valence-electron chi connectivity index (χ0n) is 15.0. The SMILES string of the molecule is O=C(CSc1ccccn1)N1C[C@H]2C[C@@H](N3CCOCC3)[C@H](O)C[C@H]2C1. The molecule has 3 fully saturated rings. The number of thioether (sulfide) groups is 1. The molecule has 26 heavy (non-hydrogen) atoms. The van der Waals surface area contributed by atoms with Crippen molar-refractivity contribution in [2.45, 2.75) is 30.0 Å². The van der Waals surface area contributed by atoms with Crippen molar-refractivity contribution >= 4 is 17.7 Å². The van der Waals surface area contributed by atoms with Gasteiger partial charge in [-0.25, -0.2) is 4.98 Å². The highest BCUT2D eigenvalue weighted by atomic mass is 32.2. The van der Waals surface area contributed by atoms with E-state index in [1.54, 1.807) is 6.20 Å². The monoisotopic (exact) mass is 377 g/mol. The highest BCUT2D eigenvalue weighted by Gasteiger charge is 2.44. The summed E-state index contributed by atoms with van der Waals surface area (Å²) >= 11 is 1.50. The Morgan fingerprint density at radius 2 is 2.00 bits per heavy atom. The molecule has 1 amide bonds. The van der Waals surface area contributed by atoms with Crippen molar-refractivity contribution in [2.24, 2.45) is 11.8 Å². The van der Waals surface area contributed by atoms with Crippen molar-refractivity contribution < 1.29 is 14.6 Å². The third kappa shape index (κ3) is 4.06. The van der Waals surface area contributed by atoms with E-state index in [4.69, 9.17) is 4.74 Å². The minimum Gasteiger partial charge on any atom is -0.391 e. The maximum absolute atomic E-state index is 12.6. The van der Waals surface area contributed by atoms with Crippen LogP contribution in [0.2, 0.25) is 0 Å². The molecule has 2 saturated heterocycles. The van der Waals surface area contributed by atoms with E-state index in [-0.39, 0.29) is 18.1 Å². The number of rotatable bonds is 4. The van der Waals surface area contributed by atoms with E-state index in [9.17, 15) is 9.90 Å². The summed E-state index contributed by atoms with van der Waals surface area (Å²) in [5.74, 6) is 1.57. The fourth-order valence-electron chi connectivity index (χ4n) is 4.57. The smallest absolute Gasteiger partial charge is 0.233 e. The summed E-state index contributed by atoms with van der Waals surface area (Å²) in [6.45, 7) is 4.95. The third-order valence-electron chi connectivity index (χ3n) is 5.96. The minimum atomic E-state index is -0.285. The van der Waals surface area contributed by atoms with Crippen molar-refractivity contribution in [2.75, 3.05) is 45.1 Å². The summed E-state index contributed by atoms with van der Waals surface area (Å²) in [7, 11) is 0. The van der Waals surface area contributed by atoms with Gasteiger partial charge < -0.3 is 14.7 Å². The van der Waals surface area contributed by atoms with Crippen molar-refractivity contribution in [3.63, 3.8) is 0 Å². The largest absolute Gasteiger partial charge is 0.391 e. The second-order valence-electron chi connectivity index (χ2n) is 7.53. The summed E-state index contributed by atoms with van der Waals surface area (Å²) in [4.78, 5) is 21.3. The lowest BCUT2D eigenvalue weighted by atomic mass is 9.77. The first-order chi connectivity index (χ1) is 12.7. The van der Waals surface area contributed by atoms with Gasteiger partial charge in [-0.1, -0.05) is 17.8 Å². The van der Waals surface area contributed by atoms with Crippen LogP contribution in [0.15, 0.2) is 29.4 Å². The van der Waals surface area contributed by atoms with E-state index in [1.165, 1.54) is 11.8 Å². The number of aliphatic hydroxyl groups excluding tert-OH is 1. The Bertz CT molecular complexity index is 611. The van der Waals surface area contributed by atoms with Crippen LogP contribution in [0.25, 0.3) is 0 Å². The number of pyridine rings is 1. The van der Waals surface area contributed by atoms with Crippen LogP contribution in [0.5, 0.6) is 0 Å². The molecule has 1 saturated carbocycles. The standard InChI is InChI=1S/C19H27N3O3S/c23-17-10-15-12-22(19(24)13-26-18-3-1-2-4-20-18)11-14(15)9-16(17)21-5-7-25-8-6-21/h1-4,14-17,23H,5-13H2/t14-,15+,16-,17-/m1/s1. The molecule has 0 unspecified atom stereocenters. The quantitative estimate of drug-likeness (QED) is 0.793. The second-order valence-corrected chi connectivity index (χ2v) is 8.53. The minimum absolute atomic E-state index is 0.187. The molecule has 2 aliphatic heterocycles. The molecule has 0 bridgehead atoms. The second kappa shape index (κ2) is 8.25. The Morgan fingerprint density at radius 1 is 1.23 bits per heavy atom. The number of hydrogen-bond acceptors (Lipinski definition) is 6. The molecule has 4 rings (SSSR count). The zero-order valence-corrected chi connectivity index (χ0v) is 15.8. The maximum Gasteiger partial charge on any atom is 0.233 e. The van der Waals surface area contributed by atoms with Gasteiger partial charge in [0.1, 0.15) is 0 Å². The fourth-order valence-corrected chi connectivity index (χ4v) is 5.34. The van der Waals surface area contributed by atoms with Gasteiger partial charge in [0.15, 0.2) is 0 Å². The Labute approximate surface area is 158 Å². The van der Waals surface area contributed by atoms with Crippen LogP contribution in [0, 0.1) is 11.8 Å². The molecule has 0 radical (unpaired) electrons. The first-order valence-electron chi connectivity index (χ1n) is 9.52. The number of amides is 1. The molecule has 3 heterocycles. The molecule has 1 N–H and O–H groups in total. The Balaban J connectivity index is 1.31. The molecular formula is C19H27N3O3S. The number of fused-ring (bicyclic) bond motifs is 1. The first-order valence-corrected chi connectivity index (χ1v) is 10.5. The molecule has 1 aromatic rings. The Kier molecular flexibility index (Phi) is 5.78. The summed E-state index contributed by atoms with van der Waals surface area (Å²) in [5.41, 5.74) is 0. The molecule has 1 aliphatic carbocycles. The van der Waals surface area contributed by atoms with Crippen LogP contribution in [-0.2, 0) is 9.53 Å². The normalized spacial score (nSPS) is 32.4. The highest BCUT2D eigenvalue weighted by Crippen LogP contribution is 2.38. The van der Waals surface area contributed by atoms with Crippen LogP contribution in [-0.4, -0.2) is 83.1 Å². The third-order valence-corrected chi connectivity index (χ3v) is 6.89. The first kappa shape index (κ1) is 18.2. The lowest BCUT2D eigenvalue weighted by Crippen LogP contribution is -2.53. The topological polar surface area (TPSA) is 65.9 Å². The van der Waals surface area contributed by atoms with Crippen molar-refractivity contribution in [1.82, 2.24) is 14.8 Å². The van der Waals surface area contributed by atoms with Gasteiger partial charge in [-0.2, -0.15) is 0 Å². The molecule has 3 aliphatic rings. The molecule has 4 atom stereocenters. The van der Waals surface area contributed by atoms with Gasteiger partial charge in [0.25, 0.3) is 0 Å². The number of carbonyl (C=O) groups excluding carboxylic acids is 1. The van der Waals surface area contributed by atoms with E-state index in [2.05, 4.69) is 9.88 Å². The Hall–Kier alpha value is -1.15.